The van der Waals surface area contributed by atoms with Gasteiger partial charge in [0.2, 0.25) is 5.91 Å². The Hall–Kier alpha value is -2.32. The number of thioether (sulfide) groups is 1. The first-order chi connectivity index (χ1) is 13.0. The van der Waals surface area contributed by atoms with Crippen LogP contribution in [0.3, 0.4) is 0 Å². The zero-order valence-corrected chi connectivity index (χ0v) is 15.5. The molecule has 0 radical (unpaired) electrons. The van der Waals surface area contributed by atoms with Crippen molar-refractivity contribution >= 4 is 40.9 Å². The van der Waals surface area contributed by atoms with E-state index < -0.39 is 12.7 Å². The van der Waals surface area contributed by atoms with Gasteiger partial charge in [0.1, 0.15) is 11.8 Å². The number of alkyl halides is 2. The number of ether oxygens (including phenoxy) is 1. The van der Waals surface area contributed by atoms with Crippen molar-refractivity contribution in [2.24, 2.45) is 0 Å². The van der Waals surface area contributed by atoms with E-state index in [9.17, 15) is 18.4 Å². The lowest BCUT2D eigenvalue weighted by molar-refractivity contribution is -0.119. The van der Waals surface area contributed by atoms with Crippen LogP contribution >= 0.6 is 23.4 Å². The number of hydrogen-bond acceptors (Lipinski definition) is 4. The Balaban J connectivity index is 1.70. The number of hydrogen-bond donors (Lipinski definition) is 1. The molecule has 3 rings (SSSR count). The van der Waals surface area contributed by atoms with Gasteiger partial charge in [0.05, 0.1) is 10.9 Å². The fourth-order valence-corrected chi connectivity index (χ4v) is 3.98. The van der Waals surface area contributed by atoms with E-state index in [4.69, 9.17) is 11.6 Å². The summed E-state index contributed by atoms with van der Waals surface area (Å²) < 4.78 is 28.8. The van der Waals surface area contributed by atoms with Gasteiger partial charge in [-0.3, -0.25) is 9.59 Å². The molecule has 1 aliphatic heterocycles. The van der Waals surface area contributed by atoms with Gasteiger partial charge in [0, 0.05) is 17.0 Å². The Bertz CT molecular complexity index is 839. The number of benzene rings is 2. The van der Waals surface area contributed by atoms with Crippen molar-refractivity contribution in [1.29, 1.82) is 0 Å². The summed E-state index contributed by atoms with van der Waals surface area (Å²) in [5.74, 6) is 0.0997. The topological polar surface area (TPSA) is 58.6 Å². The zero-order valence-electron chi connectivity index (χ0n) is 13.9. The Kier molecular flexibility index (Phi) is 6.18. The summed E-state index contributed by atoms with van der Waals surface area (Å²) in [6.07, 6.45) is 0. The van der Waals surface area contributed by atoms with Crippen molar-refractivity contribution < 1.29 is 23.1 Å². The van der Waals surface area contributed by atoms with Crippen molar-refractivity contribution in [3.8, 4) is 5.75 Å². The van der Waals surface area contributed by atoms with Crippen molar-refractivity contribution in [2.45, 2.75) is 12.7 Å². The molecule has 27 heavy (non-hydrogen) atoms. The molecule has 0 spiro atoms. The number of carbonyl (C=O) groups is 2. The number of anilines is 1. The minimum absolute atomic E-state index is 0.0499. The summed E-state index contributed by atoms with van der Waals surface area (Å²) in [6, 6.07) is 12.1. The maximum Gasteiger partial charge on any atom is 0.387 e. The van der Waals surface area contributed by atoms with Crippen LogP contribution in [0.4, 0.5) is 14.5 Å². The molecule has 0 saturated carbocycles. The second-order valence-electron chi connectivity index (χ2n) is 5.67. The van der Waals surface area contributed by atoms with Crippen LogP contribution in [0.15, 0.2) is 48.5 Å². The standard InChI is InChI=1S/C18H15ClF2N2O3S/c19-13-8-12(6-7-15(13)26-18(20)21)22-16(24)14-9-27-10-23(14)17(25)11-4-2-1-3-5-11/h1-8,14,18H,9-10H2,(H,22,24). The van der Waals surface area contributed by atoms with Crippen molar-refractivity contribution in [3.63, 3.8) is 0 Å². The van der Waals surface area contributed by atoms with Crippen molar-refractivity contribution in [3.05, 3.63) is 59.1 Å². The third-order valence-electron chi connectivity index (χ3n) is 3.88. The van der Waals surface area contributed by atoms with Gasteiger partial charge in [0.15, 0.2) is 0 Å². The number of rotatable bonds is 5. The maximum atomic E-state index is 12.6. The molecule has 1 aliphatic rings. The first kappa shape index (κ1) is 19.4. The average Bonchev–Trinajstić information content (AvgIpc) is 3.14. The Morgan fingerprint density at radius 2 is 1.96 bits per heavy atom. The highest BCUT2D eigenvalue weighted by molar-refractivity contribution is 7.99. The third-order valence-corrected chi connectivity index (χ3v) is 5.19. The molecule has 0 aromatic heterocycles. The predicted octanol–water partition coefficient (Wildman–Crippen LogP) is 4.10. The minimum atomic E-state index is -2.99. The SMILES string of the molecule is O=C(Nc1ccc(OC(F)F)c(Cl)c1)C1CSCN1C(=O)c1ccccc1. The van der Waals surface area contributed by atoms with Gasteiger partial charge >= 0.3 is 6.61 Å². The first-order valence-electron chi connectivity index (χ1n) is 7.94. The largest absolute Gasteiger partial charge is 0.433 e. The van der Waals surface area contributed by atoms with E-state index in [-0.39, 0.29) is 22.6 Å². The minimum Gasteiger partial charge on any atom is -0.433 e. The highest BCUT2D eigenvalue weighted by atomic mass is 35.5. The lowest BCUT2D eigenvalue weighted by Crippen LogP contribution is -2.44. The van der Waals surface area contributed by atoms with E-state index in [0.717, 1.165) is 0 Å². The third kappa shape index (κ3) is 4.70. The maximum absolute atomic E-state index is 12.6. The van der Waals surface area contributed by atoms with Gasteiger partial charge in [-0.25, -0.2) is 0 Å². The molecule has 1 heterocycles. The Morgan fingerprint density at radius 3 is 2.63 bits per heavy atom. The van der Waals surface area contributed by atoms with Crippen LogP contribution in [-0.2, 0) is 4.79 Å². The van der Waals surface area contributed by atoms with Gasteiger partial charge in [-0.2, -0.15) is 8.78 Å². The van der Waals surface area contributed by atoms with E-state index in [1.54, 1.807) is 24.3 Å². The Morgan fingerprint density at radius 1 is 1.22 bits per heavy atom. The van der Waals surface area contributed by atoms with Gasteiger partial charge in [-0.15, -0.1) is 11.8 Å². The molecule has 2 aromatic rings. The Labute approximate surface area is 163 Å². The summed E-state index contributed by atoms with van der Waals surface area (Å²) in [7, 11) is 0. The van der Waals surface area contributed by atoms with Crippen LogP contribution < -0.4 is 10.1 Å². The molecule has 2 amide bonds. The normalized spacial score (nSPS) is 16.4. The molecule has 0 aliphatic carbocycles. The number of nitrogens with one attached hydrogen (secondary N) is 1. The highest BCUT2D eigenvalue weighted by Gasteiger charge is 2.35. The molecule has 1 saturated heterocycles. The molecule has 2 aromatic carbocycles. The second-order valence-corrected chi connectivity index (χ2v) is 7.08. The molecule has 1 atom stereocenters. The molecular weight excluding hydrogens is 398 g/mol. The molecule has 1 unspecified atom stereocenters. The van der Waals surface area contributed by atoms with Crippen molar-refractivity contribution in [1.82, 2.24) is 4.90 Å². The number of amides is 2. The summed E-state index contributed by atoms with van der Waals surface area (Å²) in [4.78, 5) is 26.8. The lowest BCUT2D eigenvalue weighted by Gasteiger charge is -2.23. The first-order valence-corrected chi connectivity index (χ1v) is 9.48. The molecule has 1 fully saturated rings. The quantitative estimate of drug-likeness (QED) is 0.803. The summed E-state index contributed by atoms with van der Waals surface area (Å²) in [6.45, 7) is -2.99. The zero-order chi connectivity index (χ0) is 19.4. The van der Waals surface area contributed by atoms with Gasteiger partial charge in [-0.05, 0) is 30.3 Å². The average molecular weight is 413 g/mol. The van der Waals surface area contributed by atoms with Gasteiger partial charge < -0.3 is 15.0 Å². The van der Waals surface area contributed by atoms with Crippen molar-refractivity contribution in [2.75, 3.05) is 16.9 Å². The smallest absolute Gasteiger partial charge is 0.387 e. The second kappa shape index (κ2) is 8.58. The molecule has 1 N–H and O–H groups in total. The number of carbonyl (C=O) groups excluding carboxylic acids is 2. The fourth-order valence-electron chi connectivity index (χ4n) is 2.60. The summed E-state index contributed by atoms with van der Waals surface area (Å²) in [5, 5.41) is 2.62. The van der Waals surface area contributed by atoms with E-state index in [1.807, 2.05) is 6.07 Å². The van der Waals surface area contributed by atoms with E-state index >= 15 is 0 Å². The van der Waals surface area contributed by atoms with Gasteiger partial charge in [0.25, 0.3) is 5.91 Å². The molecule has 5 nitrogen and oxygen atoms in total. The van der Waals surface area contributed by atoms with Crippen LogP contribution in [0.5, 0.6) is 5.75 Å². The lowest BCUT2D eigenvalue weighted by atomic mass is 10.1. The molecular formula is C18H15ClF2N2O3S. The number of nitrogens with zero attached hydrogens (tertiary/aromatic N) is 1. The van der Waals surface area contributed by atoms with Crippen LogP contribution in [0.1, 0.15) is 10.4 Å². The van der Waals surface area contributed by atoms with Crippen LogP contribution in [-0.4, -0.2) is 41.0 Å². The van der Waals surface area contributed by atoms with Crippen LogP contribution in [0.2, 0.25) is 5.02 Å². The highest BCUT2D eigenvalue weighted by Crippen LogP contribution is 2.30. The molecule has 9 heteroatoms. The number of halogens is 3. The van der Waals surface area contributed by atoms with Crippen LogP contribution in [0, 0.1) is 0 Å². The van der Waals surface area contributed by atoms with Crippen LogP contribution in [0.25, 0.3) is 0 Å². The van der Waals surface area contributed by atoms with Gasteiger partial charge in [-0.1, -0.05) is 29.8 Å². The fraction of sp³-hybridized carbons (Fsp3) is 0.222. The van der Waals surface area contributed by atoms with E-state index in [1.165, 1.54) is 34.9 Å². The van der Waals surface area contributed by atoms with E-state index in [2.05, 4.69) is 10.1 Å². The summed E-state index contributed by atoms with van der Waals surface area (Å²) in [5.41, 5.74) is 0.838. The summed E-state index contributed by atoms with van der Waals surface area (Å²) >= 11 is 7.38. The van der Waals surface area contributed by atoms with E-state index in [0.29, 0.717) is 22.9 Å². The molecule has 142 valence electrons. The molecule has 0 bridgehead atoms. The monoisotopic (exact) mass is 412 g/mol. The predicted molar refractivity (Wildman–Crippen MR) is 100 cm³/mol.